The number of para-hydroxylation sites is 1. The molecule has 1 aliphatic rings. The van der Waals surface area contributed by atoms with E-state index in [0.29, 0.717) is 46.0 Å². The summed E-state index contributed by atoms with van der Waals surface area (Å²) in [6, 6.07) is 31.2. The maximum atomic E-state index is 15.1. The van der Waals surface area contributed by atoms with Gasteiger partial charge in [-0.2, -0.15) is 0 Å². The van der Waals surface area contributed by atoms with E-state index in [1.807, 2.05) is 117 Å². The Bertz CT molecular complexity index is 2930. The van der Waals surface area contributed by atoms with E-state index in [-0.39, 0.29) is 50.9 Å². The van der Waals surface area contributed by atoms with E-state index in [9.17, 15) is 14.4 Å². The van der Waals surface area contributed by atoms with E-state index in [4.69, 9.17) is 34.0 Å². The smallest absolute Gasteiger partial charge is 0.410 e. The SMILES string of the molecule is COC(=O)c1nc(N2C[C@H](N(CCN(C)C(=O)OCc3ccccc3)C(=O)OCc3ccccc3)Cc3c2nnc(Nc2nc4ccccc4s2)c3C)sc1CCCOc1ccc(CCCN(C)C)cc1F. The molecule has 0 bridgehead atoms. The molecule has 0 unspecified atom stereocenters. The fourth-order valence-corrected chi connectivity index (χ4v) is 10.2. The summed E-state index contributed by atoms with van der Waals surface area (Å²) < 4.78 is 38.9. The lowest BCUT2D eigenvalue weighted by atomic mass is 9.96. The Labute approximate surface area is 426 Å². The minimum atomic E-state index is -0.621. The summed E-state index contributed by atoms with van der Waals surface area (Å²) in [7, 11) is 6.95. The number of aryl methyl sites for hydroxylation is 2. The van der Waals surface area contributed by atoms with Gasteiger partial charge in [-0.05, 0) is 101 Å². The number of carbonyl (C=O) groups is 3. The lowest BCUT2D eigenvalue weighted by molar-refractivity contribution is 0.0593. The summed E-state index contributed by atoms with van der Waals surface area (Å²) in [5.74, 6) is 0.0996. The van der Waals surface area contributed by atoms with Crippen molar-refractivity contribution in [3.8, 4) is 5.75 Å². The number of benzene rings is 4. The molecule has 1 N–H and O–H groups in total. The fourth-order valence-electron chi connectivity index (χ4n) is 8.24. The molecule has 0 radical (unpaired) electrons. The Morgan fingerprint density at radius 2 is 1.50 bits per heavy atom. The number of halogens is 1. The zero-order valence-electron chi connectivity index (χ0n) is 41.0. The van der Waals surface area contributed by atoms with Crippen molar-refractivity contribution >= 4 is 72.9 Å². The van der Waals surface area contributed by atoms with Crippen LogP contribution in [0.2, 0.25) is 0 Å². The number of anilines is 4. The summed E-state index contributed by atoms with van der Waals surface area (Å²) in [4.78, 5) is 58.5. The second kappa shape index (κ2) is 24.3. The average molecular weight is 1020 g/mol. The molecule has 3 aromatic heterocycles. The lowest BCUT2D eigenvalue weighted by Gasteiger charge is -2.39. The van der Waals surface area contributed by atoms with Gasteiger partial charge in [0.05, 0.1) is 30.0 Å². The highest BCUT2D eigenvalue weighted by Gasteiger charge is 2.38. The number of esters is 1. The molecule has 4 heterocycles. The van der Waals surface area contributed by atoms with Crippen molar-refractivity contribution in [3.63, 3.8) is 0 Å². The monoisotopic (exact) mass is 1020 g/mol. The first-order chi connectivity index (χ1) is 34.9. The van der Waals surface area contributed by atoms with Crippen LogP contribution in [-0.4, -0.2) is 120 Å². The number of carbonyl (C=O) groups excluding carboxylic acids is 3. The predicted octanol–water partition coefficient (Wildman–Crippen LogP) is 10.00. The number of fused-ring (bicyclic) bond motifs is 2. The molecule has 4 aromatic carbocycles. The van der Waals surface area contributed by atoms with Crippen LogP contribution in [0.15, 0.2) is 103 Å². The number of aromatic nitrogens is 4. The van der Waals surface area contributed by atoms with E-state index >= 15 is 4.39 Å². The average Bonchev–Trinajstić information content (AvgIpc) is 4.02. The molecular formula is C53H58FN9O7S2. The fraction of sp³-hybridized carbons (Fsp3) is 0.340. The van der Waals surface area contributed by atoms with Crippen molar-refractivity contribution in [3.05, 3.63) is 147 Å². The standard InChI is InChI=1S/C53H58FN9O7S2/c1-35-40-31-39(62(53(66)70-34-38-18-10-7-11-19-38)28-27-61(4)52(65)69-33-37-16-8-6-9-17-37)32-63(48(40)59-58-47(35)57-50-55-42-21-12-13-22-44(42)71-50)51-56-46(49(64)67-5)45(72-51)23-15-29-68-43-25-24-36(30-41(43)54)20-14-26-60(2)3/h6-13,16-19,21-22,24-25,30,39H,14-15,20,23,26-29,31-34H2,1-5H3,(H,55,57,58)/t39-/m1/s1. The second-order valence-electron chi connectivity index (χ2n) is 17.6. The quantitative estimate of drug-likeness (QED) is 0.0411. The third kappa shape index (κ3) is 13.0. The molecule has 0 fully saturated rings. The number of amides is 2. The topological polar surface area (TPSA) is 165 Å². The van der Waals surface area contributed by atoms with Gasteiger partial charge in [0.1, 0.15) is 13.2 Å². The van der Waals surface area contributed by atoms with Crippen molar-refractivity contribution < 1.29 is 37.7 Å². The summed E-state index contributed by atoms with van der Waals surface area (Å²) in [6.45, 7) is 3.53. The van der Waals surface area contributed by atoms with Gasteiger partial charge in [0, 0.05) is 42.7 Å². The van der Waals surface area contributed by atoms with Crippen LogP contribution in [0, 0.1) is 12.7 Å². The molecule has 0 saturated heterocycles. The van der Waals surface area contributed by atoms with Gasteiger partial charge in [-0.15, -0.1) is 21.5 Å². The van der Waals surface area contributed by atoms with E-state index in [1.54, 1.807) is 18.0 Å². The first kappa shape index (κ1) is 51.1. The largest absolute Gasteiger partial charge is 0.491 e. The molecule has 16 nitrogen and oxygen atoms in total. The van der Waals surface area contributed by atoms with Crippen LogP contribution < -0.4 is 15.0 Å². The maximum absolute atomic E-state index is 15.1. The van der Waals surface area contributed by atoms with Gasteiger partial charge >= 0.3 is 18.2 Å². The first-order valence-electron chi connectivity index (χ1n) is 23.7. The molecule has 8 rings (SSSR count). The minimum absolute atomic E-state index is 0.0237. The molecule has 72 heavy (non-hydrogen) atoms. The summed E-state index contributed by atoms with van der Waals surface area (Å²) in [6.07, 6.45) is 1.68. The normalized spacial score (nSPS) is 13.2. The summed E-state index contributed by atoms with van der Waals surface area (Å²) in [5.41, 5.74) is 5.08. The Morgan fingerprint density at radius 3 is 2.19 bits per heavy atom. The number of methoxy groups -OCH3 is 1. The molecule has 0 spiro atoms. The lowest BCUT2D eigenvalue weighted by Crippen LogP contribution is -2.52. The van der Waals surface area contributed by atoms with E-state index in [0.717, 1.165) is 57.4 Å². The number of nitrogens with one attached hydrogen (secondary N) is 1. The number of nitrogens with zero attached hydrogens (tertiary/aromatic N) is 8. The Kier molecular flexibility index (Phi) is 17.2. The second-order valence-corrected chi connectivity index (χ2v) is 19.7. The van der Waals surface area contributed by atoms with Crippen LogP contribution in [-0.2, 0) is 46.7 Å². The third-order valence-electron chi connectivity index (χ3n) is 12.2. The zero-order chi connectivity index (χ0) is 50.6. The summed E-state index contributed by atoms with van der Waals surface area (Å²) in [5, 5.41) is 13.9. The molecule has 0 aliphatic carbocycles. The van der Waals surface area contributed by atoms with Crippen LogP contribution in [0.3, 0.4) is 0 Å². The molecule has 7 aromatic rings. The van der Waals surface area contributed by atoms with Crippen LogP contribution in [0.25, 0.3) is 10.2 Å². The molecule has 376 valence electrons. The molecule has 1 aliphatic heterocycles. The molecular weight excluding hydrogens is 958 g/mol. The first-order valence-corrected chi connectivity index (χ1v) is 25.4. The van der Waals surface area contributed by atoms with Crippen molar-refractivity contribution in [2.24, 2.45) is 0 Å². The number of likely N-dealkylation sites (N-methyl/N-ethyl adjacent to an activating group) is 1. The maximum Gasteiger partial charge on any atom is 0.410 e. The number of ether oxygens (including phenoxy) is 4. The number of rotatable bonds is 21. The van der Waals surface area contributed by atoms with Gasteiger partial charge in [0.15, 0.2) is 39.2 Å². The van der Waals surface area contributed by atoms with Crippen molar-refractivity contribution in [2.45, 2.75) is 58.3 Å². The number of thiazole rings is 2. The highest BCUT2D eigenvalue weighted by atomic mass is 32.1. The Hall–Kier alpha value is -7.22. The van der Waals surface area contributed by atoms with Crippen molar-refractivity contribution in [2.75, 3.05) is 71.3 Å². The van der Waals surface area contributed by atoms with Gasteiger partial charge in [-0.25, -0.2) is 28.7 Å². The predicted molar refractivity (Wildman–Crippen MR) is 277 cm³/mol. The molecule has 19 heteroatoms. The highest BCUT2D eigenvalue weighted by molar-refractivity contribution is 7.22. The molecule has 1 atom stereocenters. The van der Waals surface area contributed by atoms with Crippen LogP contribution in [0.4, 0.5) is 35.9 Å². The van der Waals surface area contributed by atoms with Crippen LogP contribution in [0.5, 0.6) is 5.75 Å². The van der Waals surface area contributed by atoms with Gasteiger partial charge in [0.25, 0.3) is 0 Å². The van der Waals surface area contributed by atoms with Gasteiger partial charge in [-0.3, -0.25) is 4.90 Å². The van der Waals surface area contributed by atoms with Gasteiger partial charge < -0.3 is 39.0 Å². The molecule has 0 saturated carbocycles. The van der Waals surface area contributed by atoms with Crippen LogP contribution >= 0.6 is 22.7 Å². The van der Waals surface area contributed by atoms with Gasteiger partial charge in [-0.1, -0.05) is 90.2 Å². The number of hydrogen-bond acceptors (Lipinski definition) is 16. The van der Waals surface area contributed by atoms with Crippen LogP contribution in [0.1, 0.15) is 56.0 Å². The van der Waals surface area contributed by atoms with Gasteiger partial charge in [0.2, 0.25) is 0 Å². The van der Waals surface area contributed by atoms with E-state index < -0.39 is 30.0 Å². The Balaban J connectivity index is 1.08. The van der Waals surface area contributed by atoms with Crippen molar-refractivity contribution in [1.29, 1.82) is 0 Å². The zero-order valence-corrected chi connectivity index (χ0v) is 42.6. The molecule has 2 amide bonds. The summed E-state index contributed by atoms with van der Waals surface area (Å²) >= 11 is 2.78. The van der Waals surface area contributed by atoms with Crippen molar-refractivity contribution in [1.82, 2.24) is 34.9 Å². The highest BCUT2D eigenvalue weighted by Crippen LogP contribution is 2.40. The third-order valence-corrected chi connectivity index (χ3v) is 14.3. The van der Waals surface area contributed by atoms with E-state index in [2.05, 4.69) is 15.3 Å². The minimum Gasteiger partial charge on any atom is -0.491 e. The Morgan fingerprint density at radius 1 is 0.792 bits per heavy atom. The van der Waals surface area contributed by atoms with E-state index in [1.165, 1.54) is 40.7 Å². The number of hydrogen-bond donors (Lipinski definition) is 1.